The maximum Gasteiger partial charge on any atom is 0.315 e. The van der Waals surface area contributed by atoms with Crippen LogP contribution in [0, 0.1) is 10.8 Å². The first-order chi connectivity index (χ1) is 25.7. The summed E-state index contributed by atoms with van der Waals surface area (Å²) < 4.78 is 0. The monoisotopic (exact) mass is 757 g/mol. The standard InChI is InChI=1S/C28H50N4O.C13H24N2.3C2H6/c1-9-23-15-14-20-32(23)22(4)25(28(8)18-12-11-13-19-28)31-26(33)30-24(27(5,6)7)17-16-21(3)29-10-2;1-6-8-13(14-5)10-11(3)12(4)15-9-7-2;3*1-2/h9,23-25,29H,1,3-4,10-20H2,2,5-8H3,(H2,30,31,33);7,13-15H,2-4,6,8-10H2,1,5H3;3*1-2H3. The summed E-state index contributed by atoms with van der Waals surface area (Å²) in [5, 5.41) is 16.5. The van der Waals surface area contributed by atoms with Crippen LogP contribution < -0.4 is 26.6 Å². The van der Waals surface area contributed by atoms with E-state index in [1.54, 1.807) is 0 Å². The molecule has 4 atom stereocenters. The van der Waals surface area contributed by atoms with Gasteiger partial charge in [-0.3, -0.25) is 0 Å². The Bertz CT molecular complexity index is 1050. The predicted octanol–water partition coefficient (Wildman–Crippen LogP) is 11.8. The fourth-order valence-electron chi connectivity index (χ4n) is 7.02. The van der Waals surface area contributed by atoms with Crippen LogP contribution in [0.4, 0.5) is 4.79 Å². The maximum atomic E-state index is 13.4. The molecule has 0 spiro atoms. The minimum Gasteiger partial charge on any atom is -0.389 e. The molecule has 7 heteroatoms. The predicted molar refractivity (Wildman–Crippen MR) is 244 cm³/mol. The molecular weight excluding hydrogens is 665 g/mol. The number of hydrogen-bond donors (Lipinski definition) is 5. The average molecular weight is 757 g/mol. The van der Waals surface area contributed by atoms with Crippen molar-refractivity contribution in [3.63, 3.8) is 0 Å². The number of nitrogens with one attached hydrogen (secondary N) is 5. The number of urea groups is 1. The molecule has 0 bridgehead atoms. The second kappa shape index (κ2) is 32.3. The number of allylic oxidation sites excluding steroid dienone is 2. The molecule has 1 saturated heterocycles. The van der Waals surface area contributed by atoms with Gasteiger partial charge in [0.15, 0.2) is 0 Å². The van der Waals surface area contributed by atoms with Gasteiger partial charge in [-0.2, -0.15) is 0 Å². The van der Waals surface area contributed by atoms with Gasteiger partial charge in [0.05, 0.1) is 6.04 Å². The van der Waals surface area contributed by atoms with Crippen molar-refractivity contribution in [2.75, 3.05) is 26.7 Å². The lowest BCUT2D eigenvalue weighted by atomic mass is 9.69. The number of likely N-dealkylation sites (tertiary alicyclic amines) is 1. The van der Waals surface area contributed by atoms with E-state index in [4.69, 9.17) is 0 Å². The highest BCUT2D eigenvalue weighted by Gasteiger charge is 2.41. The van der Waals surface area contributed by atoms with Gasteiger partial charge in [-0.15, -0.1) is 13.2 Å². The third-order valence-corrected chi connectivity index (χ3v) is 10.2. The van der Waals surface area contributed by atoms with Crippen molar-refractivity contribution in [2.45, 2.75) is 184 Å². The Morgan fingerprint density at radius 1 is 0.889 bits per heavy atom. The highest BCUT2D eigenvalue weighted by molar-refractivity contribution is 5.75. The van der Waals surface area contributed by atoms with Crippen LogP contribution in [0.15, 0.2) is 74.3 Å². The number of rotatable bonds is 20. The van der Waals surface area contributed by atoms with E-state index in [2.05, 4.69) is 112 Å². The molecule has 54 heavy (non-hydrogen) atoms. The largest absolute Gasteiger partial charge is 0.389 e. The lowest BCUT2D eigenvalue weighted by Crippen LogP contribution is -2.57. The second-order valence-corrected chi connectivity index (χ2v) is 15.2. The minimum atomic E-state index is -0.0868. The third-order valence-electron chi connectivity index (χ3n) is 10.2. The summed E-state index contributed by atoms with van der Waals surface area (Å²) in [5.74, 6) is 0. The van der Waals surface area contributed by atoms with Gasteiger partial charge < -0.3 is 31.5 Å². The molecule has 1 aliphatic carbocycles. The number of carbonyl (C=O) groups excluding carboxylic acids is 1. The van der Waals surface area contributed by atoms with Gasteiger partial charge in [0.2, 0.25) is 0 Å². The van der Waals surface area contributed by atoms with E-state index in [0.29, 0.717) is 12.1 Å². The van der Waals surface area contributed by atoms with Crippen molar-refractivity contribution < 1.29 is 4.79 Å². The highest BCUT2D eigenvalue weighted by Crippen LogP contribution is 2.42. The molecule has 0 radical (unpaired) electrons. The SMILES string of the molecule is C=CC1CCCN1C(=C)C(NC(=O)NC(CCC(=C)NCC)C(C)(C)C)C1(C)CCCCC1.C=CCNC(=C)C(=C)CC(CCC)NC.CC.CC.CC. The Labute approximate surface area is 337 Å². The quantitative estimate of drug-likeness (QED) is 0.0631. The Morgan fingerprint density at radius 3 is 1.96 bits per heavy atom. The van der Waals surface area contributed by atoms with Crippen LogP contribution in [0.1, 0.15) is 160 Å². The zero-order chi connectivity index (χ0) is 42.3. The Balaban J connectivity index is -0.00000104. The number of hydrogen-bond acceptors (Lipinski definition) is 5. The zero-order valence-corrected chi connectivity index (χ0v) is 38.2. The van der Waals surface area contributed by atoms with Crippen LogP contribution in [0.3, 0.4) is 0 Å². The van der Waals surface area contributed by atoms with Crippen LogP contribution in [0.25, 0.3) is 0 Å². The Kier molecular flexibility index (Phi) is 33.2. The summed E-state index contributed by atoms with van der Waals surface area (Å²) in [5.41, 5.74) is 4.05. The molecule has 2 amide bonds. The van der Waals surface area contributed by atoms with Crippen molar-refractivity contribution in [3.8, 4) is 0 Å². The molecule has 0 aromatic heterocycles. The van der Waals surface area contributed by atoms with E-state index < -0.39 is 0 Å². The van der Waals surface area contributed by atoms with Gasteiger partial charge in [-0.25, -0.2) is 4.79 Å². The molecule has 0 aromatic carbocycles. The van der Waals surface area contributed by atoms with E-state index in [9.17, 15) is 4.79 Å². The molecule has 2 fully saturated rings. The van der Waals surface area contributed by atoms with Crippen molar-refractivity contribution in [3.05, 3.63) is 74.3 Å². The molecule has 2 rings (SSSR count). The van der Waals surface area contributed by atoms with Gasteiger partial charge in [-0.1, -0.05) is 140 Å². The van der Waals surface area contributed by atoms with Crippen molar-refractivity contribution in [1.29, 1.82) is 0 Å². The number of carbonyl (C=O) groups is 1. The molecule has 7 nitrogen and oxygen atoms in total. The van der Waals surface area contributed by atoms with E-state index in [1.165, 1.54) is 32.1 Å². The molecule has 5 N–H and O–H groups in total. The van der Waals surface area contributed by atoms with Crippen LogP contribution in [-0.4, -0.2) is 61.8 Å². The average Bonchev–Trinajstić information content (AvgIpc) is 3.66. The van der Waals surface area contributed by atoms with Crippen molar-refractivity contribution in [1.82, 2.24) is 31.5 Å². The summed E-state index contributed by atoms with van der Waals surface area (Å²) in [6.07, 6.45) is 17.1. The van der Waals surface area contributed by atoms with E-state index in [0.717, 1.165) is 87.2 Å². The molecule has 4 unspecified atom stereocenters. The first kappa shape index (κ1) is 55.4. The highest BCUT2D eigenvalue weighted by atomic mass is 16.2. The van der Waals surface area contributed by atoms with Crippen LogP contribution >= 0.6 is 0 Å². The van der Waals surface area contributed by atoms with Crippen molar-refractivity contribution in [2.24, 2.45) is 10.8 Å². The van der Waals surface area contributed by atoms with Crippen LogP contribution in [0.2, 0.25) is 0 Å². The second-order valence-electron chi connectivity index (χ2n) is 15.2. The summed E-state index contributed by atoms with van der Waals surface area (Å²) in [6.45, 7) is 52.1. The van der Waals surface area contributed by atoms with E-state index in [1.807, 2.05) is 60.7 Å². The van der Waals surface area contributed by atoms with Crippen LogP contribution in [0.5, 0.6) is 0 Å². The van der Waals surface area contributed by atoms with Gasteiger partial charge >= 0.3 is 6.03 Å². The first-order valence-electron chi connectivity index (χ1n) is 21.6. The Hall–Kier alpha value is -2.93. The fourth-order valence-corrected chi connectivity index (χ4v) is 7.02. The Morgan fingerprint density at radius 2 is 1.48 bits per heavy atom. The molecule has 1 heterocycles. The topological polar surface area (TPSA) is 80.5 Å². The molecule has 2 aliphatic rings. The summed E-state index contributed by atoms with van der Waals surface area (Å²) in [6, 6.07) is 0.710. The number of amides is 2. The molecular formula is C47H92N6O. The van der Waals surface area contributed by atoms with Crippen molar-refractivity contribution >= 4 is 6.03 Å². The lowest BCUT2D eigenvalue weighted by Gasteiger charge is -2.45. The molecule has 316 valence electrons. The third kappa shape index (κ3) is 21.8. The molecule has 1 saturated carbocycles. The minimum absolute atomic E-state index is 0.0253. The van der Waals surface area contributed by atoms with Gasteiger partial charge in [0.1, 0.15) is 0 Å². The summed E-state index contributed by atoms with van der Waals surface area (Å²) >= 11 is 0. The fraction of sp³-hybridized carbons (Fsp3) is 0.723. The summed E-state index contributed by atoms with van der Waals surface area (Å²) in [4.78, 5) is 15.8. The smallest absolute Gasteiger partial charge is 0.315 e. The van der Waals surface area contributed by atoms with E-state index in [-0.39, 0.29) is 28.9 Å². The lowest BCUT2D eigenvalue weighted by molar-refractivity contribution is 0.138. The van der Waals surface area contributed by atoms with Gasteiger partial charge in [0.25, 0.3) is 0 Å². The van der Waals surface area contributed by atoms with Gasteiger partial charge in [0, 0.05) is 54.9 Å². The molecule has 0 aromatic rings. The zero-order valence-electron chi connectivity index (χ0n) is 38.2. The summed E-state index contributed by atoms with van der Waals surface area (Å²) in [7, 11) is 1.99. The van der Waals surface area contributed by atoms with Gasteiger partial charge in [-0.05, 0) is 81.7 Å². The first-order valence-corrected chi connectivity index (χ1v) is 21.6. The normalized spacial score (nSPS) is 17.2. The van der Waals surface area contributed by atoms with E-state index >= 15 is 0 Å². The number of nitrogens with zero attached hydrogens (tertiary/aromatic N) is 1. The maximum absolute atomic E-state index is 13.4. The van der Waals surface area contributed by atoms with Crippen LogP contribution in [-0.2, 0) is 0 Å². The molecule has 1 aliphatic heterocycles.